The van der Waals surface area contributed by atoms with Crippen LogP contribution in [0.1, 0.15) is 18.9 Å². The summed E-state index contributed by atoms with van der Waals surface area (Å²) < 4.78 is 33.6. The Kier molecular flexibility index (Phi) is 6.31. The van der Waals surface area contributed by atoms with Gasteiger partial charge in [0.1, 0.15) is 5.75 Å². The zero-order chi connectivity index (χ0) is 15.0. The number of benzene rings is 1. The van der Waals surface area contributed by atoms with E-state index in [2.05, 4.69) is 21.3 Å². The van der Waals surface area contributed by atoms with Gasteiger partial charge in [0.15, 0.2) is 0 Å². The van der Waals surface area contributed by atoms with Gasteiger partial charge < -0.3 is 10.5 Å². The number of methoxy groups -OCH3 is 1. The molecule has 0 saturated heterocycles. The monoisotopic (exact) mass is 297 g/mol. The second-order valence-corrected chi connectivity index (χ2v) is 5.42. The van der Waals surface area contributed by atoms with Gasteiger partial charge in [-0.3, -0.25) is 4.72 Å². The van der Waals surface area contributed by atoms with E-state index in [0.717, 1.165) is 0 Å². The predicted octanol–water partition coefficient (Wildman–Crippen LogP) is 0.662. The van der Waals surface area contributed by atoms with Crippen LogP contribution in [0.25, 0.3) is 0 Å². The van der Waals surface area contributed by atoms with Crippen molar-refractivity contribution in [3.8, 4) is 17.6 Å². The highest BCUT2D eigenvalue weighted by atomic mass is 32.2. The average molecular weight is 297 g/mol. The minimum absolute atomic E-state index is 0.241. The Bertz CT molecular complexity index is 603. The molecule has 0 unspecified atom stereocenters. The van der Waals surface area contributed by atoms with E-state index in [9.17, 15) is 8.42 Å². The van der Waals surface area contributed by atoms with E-state index in [-0.39, 0.29) is 6.54 Å². The molecule has 0 aliphatic carbocycles. The number of nitrogens with one attached hydrogen (secondary N) is 2. The molecule has 0 radical (unpaired) electrons. The Balaban J connectivity index is 3.02. The normalized spacial score (nSPS) is 10.6. The van der Waals surface area contributed by atoms with Crippen LogP contribution in [0.5, 0.6) is 5.75 Å². The van der Waals surface area contributed by atoms with Gasteiger partial charge in [0, 0.05) is 12.1 Å². The van der Waals surface area contributed by atoms with Crippen molar-refractivity contribution in [1.82, 2.24) is 4.72 Å². The average Bonchev–Trinajstić information content (AvgIpc) is 2.43. The Morgan fingerprint density at radius 3 is 2.75 bits per heavy atom. The Hall–Kier alpha value is -1.75. The fourth-order valence-electron chi connectivity index (χ4n) is 1.44. The molecule has 0 atom stereocenters. The smallest absolute Gasteiger partial charge is 0.299 e. The van der Waals surface area contributed by atoms with Crippen molar-refractivity contribution in [1.29, 1.82) is 0 Å². The van der Waals surface area contributed by atoms with E-state index in [1.807, 2.05) is 6.92 Å². The molecule has 0 spiro atoms. The van der Waals surface area contributed by atoms with Crippen molar-refractivity contribution in [3.63, 3.8) is 0 Å². The molecular weight excluding hydrogens is 278 g/mol. The standard InChI is InChI=1S/C13H19N3O3S/c1-3-9-15-20(17,18)16-12-10-11(5-4-8-14)6-7-13(12)19-2/h6-7,10,15-16H,3,8-9,14H2,1-2H3. The molecule has 0 heterocycles. The quantitative estimate of drug-likeness (QED) is 0.672. The molecule has 0 aromatic heterocycles. The van der Waals surface area contributed by atoms with Gasteiger partial charge >= 0.3 is 0 Å². The largest absolute Gasteiger partial charge is 0.495 e. The highest BCUT2D eigenvalue weighted by molar-refractivity contribution is 7.90. The molecule has 1 aromatic rings. The summed E-state index contributed by atoms with van der Waals surface area (Å²) in [4.78, 5) is 0. The molecule has 1 aromatic carbocycles. The summed E-state index contributed by atoms with van der Waals surface area (Å²) in [6.45, 7) is 2.49. The first-order chi connectivity index (χ1) is 9.52. The molecule has 0 aliphatic heterocycles. The maximum Gasteiger partial charge on any atom is 0.299 e. The summed E-state index contributed by atoms with van der Waals surface area (Å²) in [6, 6.07) is 4.99. The second kappa shape index (κ2) is 7.75. The van der Waals surface area contributed by atoms with Gasteiger partial charge in [0.05, 0.1) is 19.3 Å². The van der Waals surface area contributed by atoms with Crippen LogP contribution in [0.3, 0.4) is 0 Å². The molecule has 0 fully saturated rings. The number of anilines is 1. The molecule has 20 heavy (non-hydrogen) atoms. The van der Waals surface area contributed by atoms with Crippen LogP contribution < -0.4 is 19.9 Å². The number of nitrogens with two attached hydrogens (primary N) is 1. The number of rotatable bonds is 6. The van der Waals surface area contributed by atoms with Crippen molar-refractivity contribution in [3.05, 3.63) is 23.8 Å². The highest BCUT2D eigenvalue weighted by Gasteiger charge is 2.12. The molecule has 0 aliphatic rings. The molecule has 0 bridgehead atoms. The van der Waals surface area contributed by atoms with Crippen LogP contribution in [0, 0.1) is 11.8 Å². The third-order valence-corrected chi connectivity index (χ3v) is 3.39. The molecule has 0 saturated carbocycles. The Labute approximate surface area is 119 Å². The lowest BCUT2D eigenvalue weighted by Gasteiger charge is -2.12. The lowest BCUT2D eigenvalue weighted by atomic mass is 10.2. The number of ether oxygens (including phenoxy) is 1. The van der Waals surface area contributed by atoms with Gasteiger partial charge in [0.25, 0.3) is 10.2 Å². The zero-order valence-electron chi connectivity index (χ0n) is 11.6. The summed E-state index contributed by atoms with van der Waals surface area (Å²) in [5.41, 5.74) is 6.30. The second-order valence-electron chi connectivity index (χ2n) is 3.92. The van der Waals surface area contributed by atoms with Crippen molar-refractivity contribution in [2.75, 3.05) is 24.9 Å². The fraction of sp³-hybridized carbons (Fsp3) is 0.385. The minimum Gasteiger partial charge on any atom is -0.495 e. The van der Waals surface area contributed by atoms with Crippen LogP contribution in [0.15, 0.2) is 18.2 Å². The van der Waals surface area contributed by atoms with Gasteiger partial charge in [-0.25, -0.2) is 0 Å². The first-order valence-corrected chi connectivity index (χ1v) is 7.65. The van der Waals surface area contributed by atoms with E-state index in [1.54, 1.807) is 18.2 Å². The van der Waals surface area contributed by atoms with Crippen LogP contribution in [-0.2, 0) is 10.2 Å². The summed E-state index contributed by atoms with van der Waals surface area (Å²) in [6.07, 6.45) is 0.708. The predicted molar refractivity (Wildman–Crippen MR) is 79.8 cm³/mol. The maximum atomic E-state index is 11.8. The number of hydrogen-bond acceptors (Lipinski definition) is 4. The van der Waals surface area contributed by atoms with Crippen LogP contribution in [-0.4, -0.2) is 28.6 Å². The fourth-order valence-corrected chi connectivity index (χ4v) is 2.43. The third-order valence-electron chi connectivity index (χ3n) is 2.32. The Morgan fingerprint density at radius 2 is 2.15 bits per heavy atom. The summed E-state index contributed by atoms with van der Waals surface area (Å²) in [7, 11) is -2.15. The van der Waals surface area contributed by atoms with E-state index < -0.39 is 10.2 Å². The summed E-state index contributed by atoms with van der Waals surface area (Å²) in [5, 5.41) is 0. The van der Waals surface area contributed by atoms with Crippen molar-refractivity contribution in [2.24, 2.45) is 5.73 Å². The van der Waals surface area contributed by atoms with E-state index in [0.29, 0.717) is 30.0 Å². The van der Waals surface area contributed by atoms with Crippen molar-refractivity contribution in [2.45, 2.75) is 13.3 Å². The van der Waals surface area contributed by atoms with Gasteiger partial charge in [-0.05, 0) is 24.6 Å². The first-order valence-electron chi connectivity index (χ1n) is 6.16. The molecular formula is C13H19N3O3S. The SMILES string of the molecule is CCCNS(=O)(=O)Nc1cc(C#CCN)ccc1OC. The lowest BCUT2D eigenvalue weighted by Crippen LogP contribution is -2.30. The molecule has 4 N–H and O–H groups in total. The van der Waals surface area contributed by atoms with Crippen LogP contribution in [0.4, 0.5) is 5.69 Å². The van der Waals surface area contributed by atoms with Gasteiger partial charge in [-0.1, -0.05) is 18.8 Å². The number of hydrogen-bond donors (Lipinski definition) is 3. The Morgan fingerprint density at radius 1 is 1.40 bits per heavy atom. The zero-order valence-corrected chi connectivity index (χ0v) is 12.4. The molecule has 0 amide bonds. The van der Waals surface area contributed by atoms with Crippen molar-refractivity contribution < 1.29 is 13.2 Å². The lowest BCUT2D eigenvalue weighted by molar-refractivity contribution is 0.417. The molecule has 7 heteroatoms. The topological polar surface area (TPSA) is 93.5 Å². The van der Waals surface area contributed by atoms with E-state index in [1.165, 1.54) is 7.11 Å². The maximum absolute atomic E-state index is 11.8. The summed E-state index contributed by atoms with van der Waals surface area (Å²) >= 11 is 0. The minimum atomic E-state index is -3.62. The molecule has 1 rings (SSSR count). The third kappa shape index (κ3) is 5.09. The summed E-state index contributed by atoms with van der Waals surface area (Å²) in [5.74, 6) is 5.97. The van der Waals surface area contributed by atoms with E-state index >= 15 is 0 Å². The van der Waals surface area contributed by atoms with Gasteiger partial charge in [0.2, 0.25) is 0 Å². The van der Waals surface area contributed by atoms with Gasteiger partial charge in [-0.2, -0.15) is 13.1 Å². The van der Waals surface area contributed by atoms with Gasteiger partial charge in [-0.15, -0.1) is 0 Å². The van der Waals surface area contributed by atoms with Crippen LogP contribution >= 0.6 is 0 Å². The first kappa shape index (κ1) is 16.3. The highest BCUT2D eigenvalue weighted by Crippen LogP contribution is 2.25. The molecule has 110 valence electrons. The molecule has 6 nitrogen and oxygen atoms in total. The van der Waals surface area contributed by atoms with Crippen LogP contribution in [0.2, 0.25) is 0 Å². The van der Waals surface area contributed by atoms with E-state index in [4.69, 9.17) is 10.5 Å². The van der Waals surface area contributed by atoms with Crippen molar-refractivity contribution >= 4 is 15.9 Å².